The van der Waals surface area contributed by atoms with Crippen LogP contribution >= 0.6 is 0 Å². The second-order valence-corrected chi connectivity index (χ2v) is 7.91. The first-order chi connectivity index (χ1) is 16.4. The quantitative estimate of drug-likeness (QED) is 0.309. The van der Waals surface area contributed by atoms with Crippen LogP contribution in [-0.4, -0.2) is 36.3 Å². The van der Waals surface area contributed by atoms with Gasteiger partial charge in [0.15, 0.2) is 6.10 Å². The molecule has 0 spiro atoms. The first kappa shape index (κ1) is 26.3. The molecule has 3 rings (SSSR count). The van der Waals surface area contributed by atoms with Gasteiger partial charge in [-0.15, -0.1) is 0 Å². The molecule has 0 aromatic heterocycles. The van der Waals surface area contributed by atoms with Crippen LogP contribution in [0.3, 0.4) is 0 Å². The maximum absolute atomic E-state index is 13.5. The lowest BCUT2D eigenvalue weighted by Crippen LogP contribution is -2.40. The van der Waals surface area contributed by atoms with Gasteiger partial charge in [-0.1, -0.05) is 48.5 Å². The highest BCUT2D eigenvalue weighted by Gasteiger charge is 2.41. The molecule has 0 heterocycles. The van der Waals surface area contributed by atoms with E-state index in [9.17, 15) is 35.8 Å². The molecule has 0 bridgehead atoms. The van der Waals surface area contributed by atoms with Gasteiger partial charge in [0, 0.05) is 24.7 Å². The number of halogens is 7. The highest BCUT2D eigenvalue weighted by Crippen LogP contribution is 2.30. The van der Waals surface area contributed by atoms with Crippen molar-refractivity contribution >= 4 is 5.69 Å². The van der Waals surface area contributed by atoms with E-state index in [0.29, 0.717) is 17.1 Å². The van der Waals surface area contributed by atoms with Gasteiger partial charge in [0.05, 0.1) is 6.54 Å². The highest BCUT2D eigenvalue weighted by atomic mass is 19.4. The Kier molecular flexibility index (Phi) is 8.26. The van der Waals surface area contributed by atoms with Crippen LogP contribution in [0.25, 0.3) is 0 Å². The highest BCUT2D eigenvalue weighted by molar-refractivity contribution is 5.52. The van der Waals surface area contributed by atoms with Crippen molar-refractivity contribution in [2.24, 2.45) is 0 Å². The number of aliphatic hydroxyl groups is 1. The van der Waals surface area contributed by atoms with Crippen molar-refractivity contribution in [3.63, 3.8) is 0 Å². The molecular formula is C25H22F7NO2. The van der Waals surface area contributed by atoms with Gasteiger partial charge in [-0.25, -0.2) is 8.78 Å². The van der Waals surface area contributed by atoms with Crippen molar-refractivity contribution in [2.45, 2.75) is 37.6 Å². The smallest absolute Gasteiger partial charge is 0.416 e. The average molecular weight is 501 g/mol. The molecule has 3 aromatic carbocycles. The van der Waals surface area contributed by atoms with Gasteiger partial charge < -0.3 is 14.7 Å². The van der Waals surface area contributed by atoms with Crippen LogP contribution in [0.2, 0.25) is 0 Å². The minimum absolute atomic E-state index is 0.0923. The molecule has 0 amide bonds. The zero-order valence-corrected chi connectivity index (χ0v) is 18.2. The molecular weight excluding hydrogens is 479 g/mol. The molecule has 1 N–H and O–H groups in total. The van der Waals surface area contributed by atoms with Crippen LogP contribution in [0.1, 0.15) is 11.1 Å². The molecule has 0 saturated heterocycles. The van der Waals surface area contributed by atoms with Crippen molar-refractivity contribution < 1.29 is 40.6 Å². The molecule has 0 aliphatic carbocycles. The minimum Gasteiger partial charge on any atom is -0.457 e. The fraction of sp³-hybridized carbons (Fsp3) is 0.280. The second kappa shape index (κ2) is 11.0. The third-order valence-corrected chi connectivity index (χ3v) is 5.06. The Morgan fingerprint density at radius 1 is 0.771 bits per heavy atom. The van der Waals surface area contributed by atoms with E-state index in [1.165, 1.54) is 41.3 Å². The van der Waals surface area contributed by atoms with Gasteiger partial charge in [0.1, 0.15) is 11.5 Å². The molecule has 1 atom stereocenters. The molecule has 0 fully saturated rings. The van der Waals surface area contributed by atoms with Crippen LogP contribution < -0.4 is 9.64 Å². The topological polar surface area (TPSA) is 32.7 Å². The van der Waals surface area contributed by atoms with Gasteiger partial charge >= 0.3 is 18.5 Å². The predicted octanol–water partition coefficient (Wildman–Crippen LogP) is 6.85. The average Bonchev–Trinajstić information content (AvgIpc) is 2.79. The van der Waals surface area contributed by atoms with Gasteiger partial charge in [-0.2, -0.15) is 22.0 Å². The van der Waals surface area contributed by atoms with Crippen LogP contribution in [0.5, 0.6) is 11.5 Å². The lowest BCUT2D eigenvalue weighted by atomic mass is 10.0. The molecule has 35 heavy (non-hydrogen) atoms. The Balaban J connectivity index is 1.87. The zero-order valence-electron chi connectivity index (χ0n) is 18.2. The summed E-state index contributed by atoms with van der Waals surface area (Å²) in [5.74, 6) is -3.42. The number of benzene rings is 3. The summed E-state index contributed by atoms with van der Waals surface area (Å²) < 4.78 is 97.1. The summed E-state index contributed by atoms with van der Waals surface area (Å²) >= 11 is 0. The van der Waals surface area contributed by atoms with Gasteiger partial charge in [0.2, 0.25) is 0 Å². The van der Waals surface area contributed by atoms with E-state index in [2.05, 4.69) is 0 Å². The Bertz CT molecular complexity index is 1090. The number of anilines is 1. The maximum Gasteiger partial charge on any atom is 0.416 e. The maximum atomic E-state index is 13.5. The predicted molar refractivity (Wildman–Crippen MR) is 117 cm³/mol. The summed E-state index contributed by atoms with van der Waals surface area (Å²) in [5, 5.41) is 9.69. The van der Waals surface area contributed by atoms with Crippen LogP contribution in [0.15, 0.2) is 78.9 Å². The number of hydrogen-bond acceptors (Lipinski definition) is 3. The third kappa shape index (κ3) is 7.61. The van der Waals surface area contributed by atoms with Crippen LogP contribution in [0.4, 0.5) is 36.4 Å². The van der Waals surface area contributed by atoms with Crippen molar-refractivity contribution in [3.05, 3.63) is 90.0 Å². The van der Waals surface area contributed by atoms with Crippen LogP contribution in [0, 0.1) is 0 Å². The SMILES string of the molecule is OC(CN(Cc1cccc(CC(F)(F)C(F)F)c1)c1cccc(Oc2ccccc2)c1)C(F)(F)F. The molecule has 1 unspecified atom stereocenters. The van der Waals surface area contributed by atoms with E-state index in [-0.39, 0.29) is 17.8 Å². The number of hydrogen-bond donors (Lipinski definition) is 1. The monoisotopic (exact) mass is 501 g/mol. The number of para-hydroxylation sites is 1. The van der Waals surface area contributed by atoms with Crippen molar-refractivity contribution in [1.29, 1.82) is 0 Å². The molecule has 3 nitrogen and oxygen atoms in total. The molecule has 3 aromatic rings. The fourth-order valence-electron chi connectivity index (χ4n) is 3.35. The van der Waals surface area contributed by atoms with E-state index in [1.807, 2.05) is 0 Å². The van der Waals surface area contributed by atoms with E-state index < -0.39 is 37.6 Å². The zero-order chi connectivity index (χ0) is 25.6. The minimum atomic E-state index is -4.89. The summed E-state index contributed by atoms with van der Waals surface area (Å²) in [5.41, 5.74) is 0.478. The Morgan fingerprint density at radius 3 is 2.06 bits per heavy atom. The number of rotatable bonds is 10. The van der Waals surface area contributed by atoms with E-state index in [0.717, 1.165) is 0 Å². The Labute approximate surface area is 197 Å². The molecule has 0 aliphatic heterocycles. The molecule has 188 valence electrons. The lowest BCUT2D eigenvalue weighted by molar-refractivity contribution is -0.200. The van der Waals surface area contributed by atoms with E-state index in [1.54, 1.807) is 42.5 Å². The Hall–Kier alpha value is -3.27. The fourth-order valence-corrected chi connectivity index (χ4v) is 3.35. The van der Waals surface area contributed by atoms with Gasteiger partial charge in [0.25, 0.3) is 0 Å². The number of nitrogens with zero attached hydrogens (tertiary/aromatic N) is 1. The summed E-state index contributed by atoms with van der Waals surface area (Å²) in [6.45, 7) is -1.06. The van der Waals surface area contributed by atoms with E-state index in [4.69, 9.17) is 4.74 Å². The first-order valence-corrected chi connectivity index (χ1v) is 10.5. The normalized spacial score (nSPS) is 13.1. The summed E-state index contributed by atoms with van der Waals surface area (Å²) in [6.07, 6.45) is -12.6. The molecule has 0 radical (unpaired) electrons. The summed E-state index contributed by atoms with van der Waals surface area (Å²) in [4.78, 5) is 1.21. The summed E-state index contributed by atoms with van der Waals surface area (Å²) in [7, 11) is 0. The first-order valence-electron chi connectivity index (χ1n) is 10.5. The van der Waals surface area contributed by atoms with Crippen LogP contribution in [-0.2, 0) is 13.0 Å². The van der Waals surface area contributed by atoms with E-state index >= 15 is 0 Å². The van der Waals surface area contributed by atoms with Crippen molar-refractivity contribution in [2.75, 3.05) is 11.4 Å². The third-order valence-electron chi connectivity index (χ3n) is 5.06. The van der Waals surface area contributed by atoms with Crippen molar-refractivity contribution in [3.8, 4) is 11.5 Å². The molecule has 10 heteroatoms. The number of ether oxygens (including phenoxy) is 1. The lowest BCUT2D eigenvalue weighted by Gasteiger charge is -2.29. The van der Waals surface area contributed by atoms with Gasteiger partial charge in [-0.05, 0) is 35.4 Å². The largest absolute Gasteiger partial charge is 0.457 e. The van der Waals surface area contributed by atoms with Gasteiger partial charge in [-0.3, -0.25) is 0 Å². The molecule has 0 aliphatic rings. The molecule has 0 saturated carbocycles. The summed E-state index contributed by atoms with van der Waals surface area (Å²) in [6, 6.07) is 20.1. The number of aliphatic hydroxyl groups excluding tert-OH is 1. The standard InChI is InChI=1S/C25H22F7NO2/c26-23(27)24(28,29)14-17-6-4-7-18(12-17)15-33(16-22(34)25(30,31)32)19-8-5-11-21(13-19)35-20-9-2-1-3-10-20/h1-13,22-23,34H,14-16H2. The van der Waals surface area contributed by atoms with Crippen molar-refractivity contribution in [1.82, 2.24) is 0 Å². The second-order valence-electron chi connectivity index (χ2n) is 7.91. The Morgan fingerprint density at radius 2 is 1.40 bits per heavy atom. The number of alkyl halides is 7.